The van der Waals surface area contributed by atoms with E-state index in [9.17, 15) is 10.2 Å². The molecule has 0 aromatic carbocycles. The number of nitrogen functional groups attached to an aromatic ring is 1. The Balaban J connectivity index is 2.07. The van der Waals surface area contributed by atoms with Crippen molar-refractivity contribution in [1.82, 2.24) is 14.5 Å². The van der Waals surface area contributed by atoms with Crippen LogP contribution in [0, 0.1) is 0 Å². The monoisotopic (exact) mass is 264 g/mol. The minimum atomic E-state index is -1.07. The molecule has 7 heteroatoms. The van der Waals surface area contributed by atoms with Gasteiger partial charge in [-0.25, -0.2) is 9.97 Å². The number of ether oxygens (including phenoxy) is 1. The molecule has 0 radical (unpaired) electrons. The lowest BCUT2D eigenvalue weighted by Crippen LogP contribution is -2.31. The van der Waals surface area contributed by atoms with Crippen LogP contribution in [0.2, 0.25) is 0 Å². The fraction of sp³-hybridized carbons (Fsp3) is 0.500. The third-order valence-electron chi connectivity index (χ3n) is 3.49. The topological polar surface area (TPSA) is 106 Å². The average Bonchev–Trinajstić information content (AvgIpc) is 2.90. The largest absolute Gasteiger partial charge is 0.394 e. The Morgan fingerprint density at radius 2 is 2.37 bits per heavy atom. The van der Waals surface area contributed by atoms with Crippen LogP contribution in [0.15, 0.2) is 18.6 Å². The summed E-state index contributed by atoms with van der Waals surface area (Å²) >= 11 is 0. The first-order valence-corrected chi connectivity index (χ1v) is 6.08. The number of nitrogens with zero attached hydrogens (tertiary/aromatic N) is 3. The molecule has 0 saturated carbocycles. The van der Waals surface area contributed by atoms with Crippen molar-refractivity contribution in [2.24, 2.45) is 0 Å². The summed E-state index contributed by atoms with van der Waals surface area (Å²) in [6.45, 7) is 1.56. The first kappa shape index (κ1) is 12.3. The molecule has 2 aromatic heterocycles. The van der Waals surface area contributed by atoms with E-state index in [2.05, 4.69) is 9.97 Å². The van der Waals surface area contributed by atoms with E-state index in [4.69, 9.17) is 10.5 Å². The molecule has 7 nitrogen and oxygen atoms in total. The molecule has 19 heavy (non-hydrogen) atoms. The number of anilines is 1. The normalized spacial score (nSPS) is 31.1. The van der Waals surface area contributed by atoms with E-state index in [1.165, 1.54) is 6.33 Å². The third kappa shape index (κ3) is 1.86. The van der Waals surface area contributed by atoms with Crippen molar-refractivity contribution in [1.29, 1.82) is 0 Å². The minimum Gasteiger partial charge on any atom is -0.394 e. The lowest BCUT2D eigenvalue weighted by molar-refractivity contribution is -0.0852. The molecular weight excluding hydrogens is 248 g/mol. The molecule has 3 rings (SSSR count). The van der Waals surface area contributed by atoms with E-state index in [0.29, 0.717) is 23.3 Å². The molecule has 1 fully saturated rings. The smallest absolute Gasteiger partial charge is 0.164 e. The fourth-order valence-corrected chi connectivity index (χ4v) is 2.59. The number of rotatable bonds is 2. The van der Waals surface area contributed by atoms with Gasteiger partial charge < -0.3 is 25.3 Å². The van der Waals surface area contributed by atoms with Gasteiger partial charge >= 0.3 is 0 Å². The van der Waals surface area contributed by atoms with Crippen molar-refractivity contribution in [2.75, 3.05) is 12.3 Å². The van der Waals surface area contributed by atoms with Crippen molar-refractivity contribution in [3.05, 3.63) is 18.6 Å². The molecule has 1 saturated heterocycles. The quantitative estimate of drug-likeness (QED) is 0.707. The molecule has 0 bridgehead atoms. The summed E-state index contributed by atoms with van der Waals surface area (Å²) in [5.74, 6) is 0.389. The molecule has 0 aliphatic carbocycles. The lowest BCUT2D eigenvalue weighted by Gasteiger charge is -2.25. The molecule has 0 unspecified atom stereocenters. The van der Waals surface area contributed by atoms with Crippen LogP contribution in [0.4, 0.5) is 5.82 Å². The summed E-state index contributed by atoms with van der Waals surface area (Å²) in [5.41, 5.74) is 5.32. The van der Waals surface area contributed by atoms with Gasteiger partial charge in [-0.15, -0.1) is 0 Å². The first-order valence-electron chi connectivity index (χ1n) is 6.08. The summed E-state index contributed by atoms with van der Waals surface area (Å²) in [6, 6.07) is 1.79. The maximum atomic E-state index is 10.4. The summed E-state index contributed by atoms with van der Waals surface area (Å²) in [6.07, 6.45) is 2.53. The predicted molar refractivity (Wildman–Crippen MR) is 68.2 cm³/mol. The van der Waals surface area contributed by atoms with E-state index in [1.807, 2.05) is 0 Å². The number of aromatic nitrogens is 3. The van der Waals surface area contributed by atoms with Crippen molar-refractivity contribution in [3.8, 4) is 0 Å². The van der Waals surface area contributed by atoms with Gasteiger partial charge in [0.25, 0.3) is 0 Å². The first-order chi connectivity index (χ1) is 9.03. The Morgan fingerprint density at radius 1 is 1.58 bits per heavy atom. The van der Waals surface area contributed by atoms with Crippen LogP contribution in [0.1, 0.15) is 19.6 Å². The average molecular weight is 264 g/mol. The molecule has 1 aliphatic rings. The number of aliphatic hydroxyl groups excluding tert-OH is 1. The van der Waals surface area contributed by atoms with Crippen LogP contribution in [0.25, 0.3) is 11.0 Å². The number of hydrogen-bond acceptors (Lipinski definition) is 6. The van der Waals surface area contributed by atoms with Gasteiger partial charge in [0.05, 0.1) is 18.1 Å². The highest BCUT2D eigenvalue weighted by atomic mass is 16.5. The van der Waals surface area contributed by atoms with Gasteiger partial charge in [-0.2, -0.15) is 0 Å². The second-order valence-corrected chi connectivity index (χ2v) is 5.07. The van der Waals surface area contributed by atoms with E-state index < -0.39 is 11.8 Å². The van der Waals surface area contributed by atoms with E-state index >= 15 is 0 Å². The third-order valence-corrected chi connectivity index (χ3v) is 3.49. The standard InChI is InChI=1S/C12H16N4O3/c1-12(18)4-7(5-17)19-11(12)16-3-2-8-9(13)14-6-15-10(8)16/h2-3,6-7,11,17-18H,4-5H2,1H3,(H2,13,14,15)/t7-,11+,12-/m0/s1. The zero-order valence-electron chi connectivity index (χ0n) is 10.5. The Kier molecular flexibility index (Phi) is 2.70. The van der Waals surface area contributed by atoms with Crippen molar-refractivity contribution < 1.29 is 14.9 Å². The van der Waals surface area contributed by atoms with Crippen molar-refractivity contribution in [2.45, 2.75) is 31.3 Å². The SMILES string of the molecule is C[C@]1(O)C[C@@H](CO)O[C@H]1n1ccc2c(N)ncnc21. The number of nitrogens with two attached hydrogens (primary N) is 1. The second kappa shape index (κ2) is 4.16. The van der Waals surface area contributed by atoms with Gasteiger partial charge in [-0.05, 0) is 13.0 Å². The van der Waals surface area contributed by atoms with E-state index in [1.54, 1.807) is 23.8 Å². The van der Waals surface area contributed by atoms with Crippen molar-refractivity contribution in [3.63, 3.8) is 0 Å². The van der Waals surface area contributed by atoms with Gasteiger partial charge in [0, 0.05) is 12.6 Å². The molecule has 4 N–H and O–H groups in total. The molecule has 102 valence electrons. The summed E-state index contributed by atoms with van der Waals surface area (Å²) in [7, 11) is 0. The van der Waals surface area contributed by atoms with Gasteiger partial charge in [0.2, 0.25) is 0 Å². The number of aliphatic hydroxyl groups is 2. The van der Waals surface area contributed by atoms with Gasteiger partial charge in [-0.3, -0.25) is 0 Å². The van der Waals surface area contributed by atoms with Gasteiger partial charge in [0.15, 0.2) is 6.23 Å². The summed E-state index contributed by atoms with van der Waals surface area (Å²) in [5, 5.41) is 20.3. The van der Waals surface area contributed by atoms with Crippen LogP contribution >= 0.6 is 0 Å². The van der Waals surface area contributed by atoms with E-state index in [-0.39, 0.29) is 12.7 Å². The Bertz CT molecular complexity index is 610. The van der Waals surface area contributed by atoms with Crippen LogP contribution < -0.4 is 5.73 Å². The highest BCUT2D eigenvalue weighted by Gasteiger charge is 2.45. The van der Waals surface area contributed by atoms with Crippen LogP contribution in [-0.4, -0.2) is 43.1 Å². The molecule has 0 amide bonds. The van der Waals surface area contributed by atoms with Crippen LogP contribution in [0.3, 0.4) is 0 Å². The minimum absolute atomic E-state index is 0.122. The Labute approximate surface area is 109 Å². The summed E-state index contributed by atoms with van der Waals surface area (Å²) < 4.78 is 7.41. The van der Waals surface area contributed by atoms with Gasteiger partial charge in [-0.1, -0.05) is 0 Å². The van der Waals surface area contributed by atoms with E-state index in [0.717, 1.165) is 0 Å². The predicted octanol–water partition coefficient (Wildman–Crippen LogP) is 0.0443. The lowest BCUT2D eigenvalue weighted by atomic mass is 10.0. The molecule has 0 spiro atoms. The molecule has 2 aromatic rings. The molecule has 3 atom stereocenters. The molecule has 3 heterocycles. The summed E-state index contributed by atoms with van der Waals surface area (Å²) in [4.78, 5) is 8.11. The Hall–Kier alpha value is -1.70. The number of hydrogen-bond donors (Lipinski definition) is 3. The van der Waals surface area contributed by atoms with Crippen molar-refractivity contribution >= 4 is 16.9 Å². The maximum Gasteiger partial charge on any atom is 0.164 e. The van der Waals surface area contributed by atoms with Gasteiger partial charge in [0.1, 0.15) is 23.4 Å². The highest BCUT2D eigenvalue weighted by molar-refractivity contribution is 5.86. The van der Waals surface area contributed by atoms with Crippen LogP contribution in [-0.2, 0) is 4.74 Å². The Morgan fingerprint density at radius 3 is 3.05 bits per heavy atom. The fourth-order valence-electron chi connectivity index (χ4n) is 2.59. The maximum absolute atomic E-state index is 10.4. The zero-order chi connectivity index (χ0) is 13.6. The zero-order valence-corrected chi connectivity index (χ0v) is 10.5. The second-order valence-electron chi connectivity index (χ2n) is 5.07. The molecule has 1 aliphatic heterocycles. The molecular formula is C12H16N4O3. The van der Waals surface area contributed by atoms with Crippen LogP contribution in [0.5, 0.6) is 0 Å². The number of fused-ring (bicyclic) bond motifs is 1. The highest BCUT2D eigenvalue weighted by Crippen LogP contribution is 2.39.